The summed E-state index contributed by atoms with van der Waals surface area (Å²) in [6.07, 6.45) is 6.79. The second-order valence-corrected chi connectivity index (χ2v) is 5.36. The minimum absolute atomic E-state index is 0.0611. The molecule has 3 N–H and O–H groups in total. The van der Waals surface area contributed by atoms with Crippen LogP contribution in [0.4, 0.5) is 0 Å². The van der Waals surface area contributed by atoms with Crippen LogP contribution < -0.4 is 5.73 Å². The van der Waals surface area contributed by atoms with Gasteiger partial charge in [-0.15, -0.1) is 0 Å². The molecule has 2 unspecified atom stereocenters. The van der Waals surface area contributed by atoms with Crippen LogP contribution in [-0.4, -0.2) is 31.5 Å². The Balaban J connectivity index is 2.68. The summed E-state index contributed by atoms with van der Waals surface area (Å²) < 4.78 is 5.14. The summed E-state index contributed by atoms with van der Waals surface area (Å²) in [4.78, 5) is 0. The predicted molar refractivity (Wildman–Crippen MR) is 66.2 cm³/mol. The number of aliphatic hydroxyl groups is 1. The maximum absolute atomic E-state index is 10.5. The van der Waals surface area contributed by atoms with Crippen LogP contribution >= 0.6 is 0 Å². The van der Waals surface area contributed by atoms with Crippen molar-refractivity contribution in [3.05, 3.63) is 0 Å². The molecule has 1 rings (SSSR count). The summed E-state index contributed by atoms with van der Waals surface area (Å²) in [7, 11) is 1.69. The molecule has 1 aliphatic carbocycles. The van der Waals surface area contributed by atoms with Gasteiger partial charge in [-0.3, -0.25) is 0 Å². The van der Waals surface area contributed by atoms with Crippen LogP contribution in [0.5, 0.6) is 0 Å². The largest absolute Gasteiger partial charge is 0.392 e. The number of nitrogens with two attached hydrogens (primary N) is 1. The van der Waals surface area contributed by atoms with Crippen LogP contribution in [0.2, 0.25) is 0 Å². The Hall–Kier alpha value is -0.120. The van der Waals surface area contributed by atoms with E-state index >= 15 is 0 Å². The molecule has 0 spiro atoms. The molecule has 0 radical (unpaired) electrons. The fourth-order valence-electron chi connectivity index (χ4n) is 3.01. The third-order valence-corrected chi connectivity index (χ3v) is 4.10. The van der Waals surface area contributed by atoms with E-state index in [0.29, 0.717) is 13.2 Å². The van der Waals surface area contributed by atoms with Gasteiger partial charge >= 0.3 is 0 Å². The van der Waals surface area contributed by atoms with Crippen LogP contribution in [0.3, 0.4) is 0 Å². The van der Waals surface area contributed by atoms with E-state index in [9.17, 15) is 5.11 Å². The van der Waals surface area contributed by atoms with Gasteiger partial charge in [0, 0.05) is 25.0 Å². The van der Waals surface area contributed by atoms with Gasteiger partial charge in [-0.2, -0.15) is 0 Å². The van der Waals surface area contributed by atoms with Crippen LogP contribution in [0.25, 0.3) is 0 Å². The van der Waals surface area contributed by atoms with Crippen molar-refractivity contribution in [3.63, 3.8) is 0 Å². The number of hydrogen-bond acceptors (Lipinski definition) is 3. The van der Waals surface area contributed by atoms with E-state index in [-0.39, 0.29) is 17.4 Å². The minimum Gasteiger partial charge on any atom is -0.392 e. The van der Waals surface area contributed by atoms with Crippen LogP contribution in [0.15, 0.2) is 0 Å². The Morgan fingerprint density at radius 1 is 1.25 bits per heavy atom. The lowest BCUT2D eigenvalue weighted by atomic mass is 9.71. The Morgan fingerprint density at radius 2 is 1.81 bits per heavy atom. The second kappa shape index (κ2) is 6.58. The van der Waals surface area contributed by atoms with E-state index in [1.165, 1.54) is 25.7 Å². The normalized spacial score (nSPS) is 24.8. The lowest BCUT2D eigenvalue weighted by molar-refractivity contribution is -0.0406. The standard InChI is InChI=1S/C13H27NO2/c1-11(9-16-2)12(15)13(10-14)7-5-3-4-6-8-13/h11-12,15H,3-10,14H2,1-2H3. The molecule has 0 heterocycles. The average Bonchev–Trinajstić information content (AvgIpc) is 2.54. The van der Waals surface area contributed by atoms with Crippen molar-refractivity contribution in [2.75, 3.05) is 20.3 Å². The fraction of sp³-hybridized carbons (Fsp3) is 1.00. The quantitative estimate of drug-likeness (QED) is 0.708. The van der Waals surface area contributed by atoms with Crippen molar-refractivity contribution in [1.29, 1.82) is 0 Å². The van der Waals surface area contributed by atoms with Gasteiger partial charge in [-0.25, -0.2) is 0 Å². The molecule has 2 atom stereocenters. The van der Waals surface area contributed by atoms with Gasteiger partial charge < -0.3 is 15.6 Å². The Morgan fingerprint density at radius 3 is 2.25 bits per heavy atom. The highest BCUT2D eigenvalue weighted by Gasteiger charge is 2.39. The molecule has 0 aromatic heterocycles. The zero-order chi connectivity index (χ0) is 12.0. The molecule has 16 heavy (non-hydrogen) atoms. The molecule has 0 aromatic rings. The maximum atomic E-state index is 10.5. The lowest BCUT2D eigenvalue weighted by Crippen LogP contribution is -2.45. The Bertz CT molecular complexity index is 188. The van der Waals surface area contributed by atoms with E-state index < -0.39 is 0 Å². The first kappa shape index (κ1) is 13.9. The first-order valence-corrected chi connectivity index (χ1v) is 6.53. The molecule has 0 bridgehead atoms. The fourth-order valence-corrected chi connectivity index (χ4v) is 3.01. The molecule has 1 aliphatic rings. The molecule has 3 nitrogen and oxygen atoms in total. The van der Waals surface area contributed by atoms with Gasteiger partial charge in [0.05, 0.1) is 12.7 Å². The third kappa shape index (κ3) is 3.19. The molecular formula is C13H27NO2. The second-order valence-electron chi connectivity index (χ2n) is 5.36. The SMILES string of the molecule is COCC(C)C(O)C1(CN)CCCCCC1. The van der Waals surface area contributed by atoms with Crippen molar-refractivity contribution in [3.8, 4) is 0 Å². The molecule has 1 fully saturated rings. The summed E-state index contributed by atoms with van der Waals surface area (Å²) in [6, 6.07) is 0. The monoisotopic (exact) mass is 229 g/mol. The zero-order valence-electron chi connectivity index (χ0n) is 10.7. The Kier molecular flexibility index (Phi) is 5.73. The van der Waals surface area contributed by atoms with Crippen molar-refractivity contribution >= 4 is 0 Å². The van der Waals surface area contributed by atoms with E-state index in [0.717, 1.165) is 12.8 Å². The van der Waals surface area contributed by atoms with Gasteiger partial charge in [0.1, 0.15) is 0 Å². The van der Waals surface area contributed by atoms with E-state index in [1.54, 1.807) is 7.11 Å². The number of methoxy groups -OCH3 is 1. The predicted octanol–water partition coefficient (Wildman–Crippen LogP) is 1.93. The summed E-state index contributed by atoms with van der Waals surface area (Å²) in [5, 5.41) is 10.5. The number of rotatable bonds is 5. The van der Waals surface area contributed by atoms with Crippen LogP contribution in [-0.2, 0) is 4.74 Å². The first-order chi connectivity index (χ1) is 7.66. The van der Waals surface area contributed by atoms with Crippen molar-refractivity contribution in [2.45, 2.75) is 51.6 Å². The van der Waals surface area contributed by atoms with Gasteiger partial charge in [0.15, 0.2) is 0 Å². The Labute approximate surface area is 99.4 Å². The van der Waals surface area contributed by atoms with Crippen molar-refractivity contribution in [1.82, 2.24) is 0 Å². The van der Waals surface area contributed by atoms with Gasteiger partial charge in [0.25, 0.3) is 0 Å². The number of aliphatic hydroxyl groups excluding tert-OH is 1. The van der Waals surface area contributed by atoms with Gasteiger partial charge in [-0.05, 0) is 12.8 Å². The third-order valence-electron chi connectivity index (χ3n) is 4.10. The topological polar surface area (TPSA) is 55.5 Å². The van der Waals surface area contributed by atoms with E-state index in [4.69, 9.17) is 10.5 Å². The summed E-state index contributed by atoms with van der Waals surface area (Å²) >= 11 is 0. The van der Waals surface area contributed by atoms with Crippen LogP contribution in [0, 0.1) is 11.3 Å². The summed E-state index contributed by atoms with van der Waals surface area (Å²) in [6.45, 7) is 3.27. The molecule has 3 heteroatoms. The van der Waals surface area contributed by atoms with Crippen molar-refractivity contribution < 1.29 is 9.84 Å². The molecule has 1 saturated carbocycles. The number of ether oxygens (including phenoxy) is 1. The van der Waals surface area contributed by atoms with E-state index in [2.05, 4.69) is 6.92 Å². The zero-order valence-corrected chi connectivity index (χ0v) is 10.7. The summed E-state index contributed by atoms with van der Waals surface area (Å²) in [5.41, 5.74) is 5.88. The minimum atomic E-state index is -0.324. The van der Waals surface area contributed by atoms with E-state index in [1.807, 2.05) is 0 Å². The average molecular weight is 229 g/mol. The van der Waals surface area contributed by atoms with Gasteiger partial charge in [0.2, 0.25) is 0 Å². The smallest absolute Gasteiger partial charge is 0.0655 e. The number of hydrogen-bond donors (Lipinski definition) is 2. The maximum Gasteiger partial charge on any atom is 0.0655 e. The highest BCUT2D eigenvalue weighted by molar-refractivity contribution is 4.91. The van der Waals surface area contributed by atoms with Crippen LogP contribution in [0.1, 0.15) is 45.4 Å². The molecule has 0 aliphatic heterocycles. The van der Waals surface area contributed by atoms with Gasteiger partial charge in [-0.1, -0.05) is 32.6 Å². The lowest BCUT2D eigenvalue weighted by Gasteiger charge is -2.39. The highest BCUT2D eigenvalue weighted by Crippen LogP contribution is 2.39. The van der Waals surface area contributed by atoms with Crippen molar-refractivity contribution in [2.24, 2.45) is 17.1 Å². The highest BCUT2D eigenvalue weighted by atomic mass is 16.5. The summed E-state index contributed by atoms with van der Waals surface area (Å²) in [5.74, 6) is 0.173. The molecule has 96 valence electrons. The molecular weight excluding hydrogens is 202 g/mol. The molecule has 0 amide bonds. The molecule has 0 aromatic carbocycles. The first-order valence-electron chi connectivity index (χ1n) is 6.53. The molecule has 0 saturated heterocycles.